The van der Waals surface area contributed by atoms with Crippen molar-refractivity contribution in [2.24, 2.45) is 22.7 Å². The summed E-state index contributed by atoms with van der Waals surface area (Å²) in [6, 6.07) is 1.97. The van der Waals surface area contributed by atoms with Crippen LogP contribution < -0.4 is 0 Å². The summed E-state index contributed by atoms with van der Waals surface area (Å²) in [5.41, 5.74) is -0.362. The van der Waals surface area contributed by atoms with Gasteiger partial charge >= 0.3 is 5.97 Å². The van der Waals surface area contributed by atoms with Crippen molar-refractivity contribution in [3.05, 3.63) is 24.2 Å². The Kier molecular flexibility index (Phi) is 3.44. The van der Waals surface area contributed by atoms with E-state index in [2.05, 4.69) is 20.8 Å². The fourth-order valence-electron chi connectivity index (χ4n) is 6.30. The number of carbonyl (C=O) groups excluding carboxylic acids is 1. The molecular formula is C20H28O4. The van der Waals surface area contributed by atoms with Crippen LogP contribution in [0.2, 0.25) is 0 Å². The maximum absolute atomic E-state index is 12.6. The van der Waals surface area contributed by atoms with E-state index >= 15 is 0 Å². The van der Waals surface area contributed by atoms with Crippen LogP contribution in [0.5, 0.6) is 0 Å². The molecule has 1 aromatic heterocycles. The van der Waals surface area contributed by atoms with Crippen molar-refractivity contribution in [1.29, 1.82) is 0 Å². The molecule has 4 nitrogen and oxygen atoms in total. The van der Waals surface area contributed by atoms with Gasteiger partial charge < -0.3 is 14.3 Å². The summed E-state index contributed by atoms with van der Waals surface area (Å²) >= 11 is 0. The Morgan fingerprint density at radius 3 is 2.83 bits per heavy atom. The summed E-state index contributed by atoms with van der Waals surface area (Å²) in [6.45, 7) is 6.38. The molecule has 24 heavy (non-hydrogen) atoms. The molecule has 6 atom stereocenters. The molecule has 2 saturated carbocycles. The molecule has 4 heteroatoms. The Morgan fingerprint density at radius 1 is 1.33 bits per heavy atom. The molecule has 2 aliphatic carbocycles. The quantitative estimate of drug-likeness (QED) is 0.857. The van der Waals surface area contributed by atoms with Crippen molar-refractivity contribution in [2.45, 2.75) is 71.0 Å². The summed E-state index contributed by atoms with van der Waals surface area (Å²) < 4.78 is 11.0. The van der Waals surface area contributed by atoms with E-state index in [-0.39, 0.29) is 29.3 Å². The molecule has 1 aromatic rings. The average molecular weight is 332 g/mol. The average Bonchev–Trinajstić information content (AvgIpc) is 3.12. The SMILES string of the molecule is C[C@@H]1C[C@H]2OC(=O)[C@@]3(C)CCC[C@](C)([C@@H]23)[C@]1(O)CCc1ccoc1. The van der Waals surface area contributed by atoms with Gasteiger partial charge in [-0.1, -0.05) is 20.3 Å². The van der Waals surface area contributed by atoms with Gasteiger partial charge in [-0.15, -0.1) is 0 Å². The molecule has 4 rings (SSSR count). The number of hydrogen-bond acceptors (Lipinski definition) is 4. The number of esters is 1. The summed E-state index contributed by atoms with van der Waals surface area (Å²) in [7, 11) is 0. The van der Waals surface area contributed by atoms with Crippen LogP contribution in [0.25, 0.3) is 0 Å². The minimum absolute atomic E-state index is 0.0306. The third kappa shape index (κ3) is 1.92. The van der Waals surface area contributed by atoms with E-state index in [9.17, 15) is 9.90 Å². The van der Waals surface area contributed by atoms with E-state index in [1.807, 2.05) is 6.07 Å². The third-order valence-corrected chi connectivity index (χ3v) is 7.63. The monoisotopic (exact) mass is 332 g/mol. The van der Waals surface area contributed by atoms with Crippen LogP contribution in [0.1, 0.15) is 58.4 Å². The number of aliphatic hydroxyl groups is 1. The lowest BCUT2D eigenvalue weighted by molar-refractivity contribution is -0.217. The van der Waals surface area contributed by atoms with Gasteiger partial charge in [0.15, 0.2) is 0 Å². The van der Waals surface area contributed by atoms with Gasteiger partial charge in [-0.3, -0.25) is 4.79 Å². The van der Waals surface area contributed by atoms with E-state index in [0.717, 1.165) is 37.7 Å². The summed E-state index contributed by atoms with van der Waals surface area (Å²) in [4.78, 5) is 12.6. The fraction of sp³-hybridized carbons (Fsp3) is 0.750. The lowest BCUT2D eigenvalue weighted by Crippen LogP contribution is -2.65. The number of ether oxygens (including phenoxy) is 1. The van der Waals surface area contributed by atoms with Crippen molar-refractivity contribution in [1.82, 2.24) is 0 Å². The molecule has 0 amide bonds. The van der Waals surface area contributed by atoms with Crippen LogP contribution in [-0.4, -0.2) is 22.8 Å². The highest BCUT2D eigenvalue weighted by Crippen LogP contribution is 2.67. The minimum atomic E-state index is -0.777. The number of hydrogen-bond donors (Lipinski definition) is 1. The maximum Gasteiger partial charge on any atom is 0.312 e. The smallest absolute Gasteiger partial charge is 0.312 e. The molecule has 0 aromatic carbocycles. The van der Waals surface area contributed by atoms with Gasteiger partial charge in [0.25, 0.3) is 0 Å². The first-order chi connectivity index (χ1) is 11.3. The third-order valence-electron chi connectivity index (χ3n) is 7.63. The van der Waals surface area contributed by atoms with Crippen LogP contribution in [-0.2, 0) is 16.0 Å². The Bertz CT molecular complexity index is 638. The first kappa shape index (κ1) is 16.2. The number of furan rings is 1. The topological polar surface area (TPSA) is 59.7 Å². The highest BCUT2D eigenvalue weighted by Gasteiger charge is 2.70. The number of aryl methyl sites for hydroxylation is 1. The Labute approximate surface area is 143 Å². The molecule has 0 bridgehead atoms. The Morgan fingerprint density at radius 2 is 2.12 bits per heavy atom. The predicted octanol–water partition coefficient (Wildman–Crippen LogP) is 3.72. The second kappa shape index (κ2) is 5.10. The lowest BCUT2D eigenvalue weighted by atomic mass is 9.44. The van der Waals surface area contributed by atoms with Gasteiger partial charge in [-0.25, -0.2) is 0 Å². The van der Waals surface area contributed by atoms with Gasteiger partial charge in [-0.05, 0) is 56.6 Å². The van der Waals surface area contributed by atoms with Crippen molar-refractivity contribution in [3.63, 3.8) is 0 Å². The lowest BCUT2D eigenvalue weighted by Gasteiger charge is -2.61. The molecule has 1 saturated heterocycles. The largest absolute Gasteiger partial charge is 0.472 e. The van der Waals surface area contributed by atoms with Gasteiger partial charge in [0.05, 0.1) is 23.5 Å². The summed E-state index contributed by atoms with van der Waals surface area (Å²) in [6.07, 6.45) is 8.51. The molecule has 3 fully saturated rings. The normalized spacial score (nSPS) is 47.3. The van der Waals surface area contributed by atoms with Gasteiger partial charge in [-0.2, -0.15) is 0 Å². The standard InChI is InChI=1S/C20H28O4/c1-13-11-15-16-18(2,17(21)24-15)7-4-8-19(16,3)20(13,22)9-5-14-6-10-23-12-14/h6,10,12-13,15-16,22H,4-5,7-9,11H2,1-3H3/t13-,15-,16+,18+,19-,20+/m1/s1. The number of rotatable bonds is 3. The highest BCUT2D eigenvalue weighted by molar-refractivity contribution is 5.80. The summed E-state index contributed by atoms with van der Waals surface area (Å²) in [5.74, 6) is 0.190. The van der Waals surface area contributed by atoms with Crippen LogP contribution in [0.4, 0.5) is 0 Å². The Balaban J connectivity index is 1.70. The zero-order valence-electron chi connectivity index (χ0n) is 14.9. The molecule has 2 heterocycles. The minimum Gasteiger partial charge on any atom is -0.472 e. The van der Waals surface area contributed by atoms with Crippen LogP contribution in [0.15, 0.2) is 23.0 Å². The maximum atomic E-state index is 12.6. The van der Waals surface area contributed by atoms with E-state index < -0.39 is 11.0 Å². The summed E-state index contributed by atoms with van der Waals surface area (Å²) in [5, 5.41) is 11.9. The molecule has 3 aliphatic rings. The number of carbonyl (C=O) groups is 1. The van der Waals surface area contributed by atoms with Gasteiger partial charge in [0.2, 0.25) is 0 Å². The van der Waals surface area contributed by atoms with Crippen LogP contribution in [0, 0.1) is 22.7 Å². The molecule has 0 radical (unpaired) electrons. The van der Waals surface area contributed by atoms with Crippen molar-refractivity contribution < 1.29 is 19.1 Å². The molecule has 1 aliphatic heterocycles. The van der Waals surface area contributed by atoms with Crippen molar-refractivity contribution in [3.8, 4) is 0 Å². The first-order valence-electron chi connectivity index (χ1n) is 9.26. The zero-order chi connectivity index (χ0) is 17.2. The molecule has 1 N–H and O–H groups in total. The van der Waals surface area contributed by atoms with Crippen molar-refractivity contribution >= 4 is 5.97 Å². The molecule has 0 unspecified atom stereocenters. The Hall–Kier alpha value is -1.29. The van der Waals surface area contributed by atoms with Crippen LogP contribution >= 0.6 is 0 Å². The van der Waals surface area contributed by atoms with Crippen LogP contribution in [0.3, 0.4) is 0 Å². The van der Waals surface area contributed by atoms with Gasteiger partial charge in [0.1, 0.15) is 6.10 Å². The zero-order valence-corrected chi connectivity index (χ0v) is 14.9. The van der Waals surface area contributed by atoms with E-state index in [0.29, 0.717) is 6.42 Å². The first-order valence-corrected chi connectivity index (χ1v) is 9.26. The predicted molar refractivity (Wildman–Crippen MR) is 89.2 cm³/mol. The van der Waals surface area contributed by atoms with E-state index in [1.165, 1.54) is 0 Å². The molecule has 132 valence electrons. The van der Waals surface area contributed by atoms with Gasteiger partial charge in [0, 0.05) is 11.3 Å². The second-order valence-electron chi connectivity index (χ2n) is 8.80. The molecule has 0 spiro atoms. The molecular weight excluding hydrogens is 304 g/mol. The van der Waals surface area contributed by atoms with Crippen molar-refractivity contribution in [2.75, 3.05) is 0 Å². The van der Waals surface area contributed by atoms with E-state index in [1.54, 1.807) is 12.5 Å². The second-order valence-corrected chi connectivity index (χ2v) is 8.80. The highest BCUT2D eigenvalue weighted by atomic mass is 16.6. The van der Waals surface area contributed by atoms with E-state index in [4.69, 9.17) is 9.15 Å². The fourth-order valence-corrected chi connectivity index (χ4v) is 6.30.